The van der Waals surface area contributed by atoms with Crippen molar-refractivity contribution in [3.05, 3.63) is 69.7 Å². The Labute approximate surface area is 169 Å². The first-order chi connectivity index (χ1) is 13.0. The Bertz CT molecular complexity index is 761. The van der Waals surface area contributed by atoms with Crippen LogP contribution in [-0.2, 0) is 19.1 Å². The van der Waals surface area contributed by atoms with Crippen molar-refractivity contribution in [2.75, 3.05) is 13.7 Å². The Morgan fingerprint density at radius 3 is 2.37 bits per heavy atom. The lowest BCUT2D eigenvalue weighted by Crippen LogP contribution is -2.22. The van der Waals surface area contributed by atoms with Gasteiger partial charge in [-0.15, -0.1) is 0 Å². The molecule has 0 amide bonds. The SMILES string of the molecule is COC(=O)C(C)CC(c1cccc(Cl)c1)C(OCC=O)c1ccc(Cl)cc1. The van der Waals surface area contributed by atoms with Crippen molar-refractivity contribution in [1.29, 1.82) is 0 Å². The van der Waals surface area contributed by atoms with E-state index in [0.29, 0.717) is 22.8 Å². The number of rotatable bonds is 9. The van der Waals surface area contributed by atoms with Gasteiger partial charge in [0, 0.05) is 16.0 Å². The van der Waals surface area contributed by atoms with Gasteiger partial charge in [0.2, 0.25) is 0 Å². The van der Waals surface area contributed by atoms with E-state index in [4.69, 9.17) is 32.7 Å². The van der Waals surface area contributed by atoms with E-state index in [0.717, 1.165) is 11.1 Å². The Morgan fingerprint density at radius 1 is 1.07 bits per heavy atom. The summed E-state index contributed by atoms with van der Waals surface area (Å²) < 4.78 is 10.8. The minimum atomic E-state index is -0.446. The second-order valence-corrected chi connectivity index (χ2v) is 7.17. The molecule has 0 fully saturated rings. The smallest absolute Gasteiger partial charge is 0.308 e. The second-order valence-electron chi connectivity index (χ2n) is 6.29. The molecule has 0 bridgehead atoms. The second kappa shape index (κ2) is 10.5. The third-order valence-corrected chi connectivity index (χ3v) is 4.88. The van der Waals surface area contributed by atoms with E-state index >= 15 is 0 Å². The van der Waals surface area contributed by atoms with Crippen molar-refractivity contribution < 1.29 is 19.1 Å². The number of methoxy groups -OCH3 is 1. The zero-order valence-corrected chi connectivity index (χ0v) is 16.7. The van der Waals surface area contributed by atoms with Crippen LogP contribution in [0.2, 0.25) is 10.0 Å². The van der Waals surface area contributed by atoms with Crippen LogP contribution >= 0.6 is 23.2 Å². The fraction of sp³-hybridized carbons (Fsp3) is 0.333. The fourth-order valence-electron chi connectivity index (χ4n) is 3.09. The van der Waals surface area contributed by atoms with Crippen LogP contribution in [0.5, 0.6) is 0 Å². The molecule has 27 heavy (non-hydrogen) atoms. The standard InChI is InChI=1S/C21H22Cl2O4/c1-14(21(25)26-2)12-19(16-4-3-5-18(23)13-16)20(27-11-10-24)15-6-8-17(22)9-7-15/h3-10,13-14,19-20H,11-12H2,1-2H3. The van der Waals surface area contributed by atoms with Crippen LogP contribution in [0.25, 0.3) is 0 Å². The molecule has 6 heteroatoms. The molecule has 2 aromatic rings. The van der Waals surface area contributed by atoms with Crippen LogP contribution in [0, 0.1) is 5.92 Å². The molecule has 0 aliphatic carbocycles. The summed E-state index contributed by atoms with van der Waals surface area (Å²) in [4.78, 5) is 22.9. The molecule has 0 N–H and O–H groups in total. The van der Waals surface area contributed by atoms with Crippen molar-refractivity contribution in [3.63, 3.8) is 0 Å². The summed E-state index contributed by atoms with van der Waals surface area (Å²) in [5.74, 6) is -0.861. The van der Waals surface area contributed by atoms with E-state index in [1.54, 1.807) is 18.2 Å². The van der Waals surface area contributed by atoms with Gasteiger partial charge in [-0.1, -0.05) is 54.4 Å². The lowest BCUT2D eigenvalue weighted by atomic mass is 9.82. The molecule has 144 valence electrons. The van der Waals surface area contributed by atoms with Gasteiger partial charge < -0.3 is 14.3 Å². The maximum Gasteiger partial charge on any atom is 0.308 e. The zero-order valence-electron chi connectivity index (χ0n) is 15.2. The Kier molecular flexibility index (Phi) is 8.29. The highest BCUT2D eigenvalue weighted by Crippen LogP contribution is 2.40. The predicted octanol–water partition coefficient (Wildman–Crippen LogP) is 5.23. The quantitative estimate of drug-likeness (QED) is 0.420. The van der Waals surface area contributed by atoms with E-state index in [1.807, 2.05) is 37.3 Å². The lowest BCUT2D eigenvalue weighted by Gasteiger charge is -2.29. The number of benzene rings is 2. The molecule has 0 spiro atoms. The van der Waals surface area contributed by atoms with Gasteiger partial charge in [-0.3, -0.25) is 4.79 Å². The Balaban J connectivity index is 2.46. The summed E-state index contributed by atoms with van der Waals surface area (Å²) in [5, 5.41) is 1.20. The van der Waals surface area contributed by atoms with Crippen molar-refractivity contribution >= 4 is 35.5 Å². The van der Waals surface area contributed by atoms with Gasteiger partial charge in [0.05, 0.1) is 19.1 Å². The topological polar surface area (TPSA) is 52.6 Å². The molecule has 3 atom stereocenters. The molecule has 0 heterocycles. The Hall–Kier alpha value is -1.88. The molecule has 0 aromatic heterocycles. The molecule has 3 unspecified atom stereocenters. The van der Waals surface area contributed by atoms with Gasteiger partial charge in [0.15, 0.2) is 0 Å². The normalized spacial score (nSPS) is 14.2. The molecule has 2 rings (SSSR count). The number of aldehydes is 1. The van der Waals surface area contributed by atoms with Crippen molar-refractivity contribution in [1.82, 2.24) is 0 Å². The molecular formula is C21H22Cl2O4. The highest BCUT2D eigenvalue weighted by Gasteiger charge is 2.30. The number of carbonyl (C=O) groups is 2. The van der Waals surface area contributed by atoms with Gasteiger partial charge in [0.25, 0.3) is 0 Å². The van der Waals surface area contributed by atoms with E-state index in [-0.39, 0.29) is 24.4 Å². The van der Waals surface area contributed by atoms with Crippen molar-refractivity contribution in [3.8, 4) is 0 Å². The number of halogens is 2. The minimum absolute atomic E-state index is 0.0586. The zero-order chi connectivity index (χ0) is 19.8. The van der Waals surface area contributed by atoms with E-state index in [2.05, 4.69) is 0 Å². The van der Waals surface area contributed by atoms with Crippen molar-refractivity contribution in [2.24, 2.45) is 5.92 Å². The van der Waals surface area contributed by atoms with Crippen molar-refractivity contribution in [2.45, 2.75) is 25.4 Å². The van der Waals surface area contributed by atoms with Crippen LogP contribution in [0.3, 0.4) is 0 Å². The molecule has 4 nitrogen and oxygen atoms in total. The minimum Gasteiger partial charge on any atom is -0.469 e. The van der Waals surface area contributed by atoms with E-state index < -0.39 is 6.10 Å². The van der Waals surface area contributed by atoms with Crippen LogP contribution < -0.4 is 0 Å². The summed E-state index contributed by atoms with van der Waals surface area (Å²) >= 11 is 12.2. The largest absolute Gasteiger partial charge is 0.469 e. The summed E-state index contributed by atoms with van der Waals surface area (Å²) in [7, 11) is 1.37. The molecular weight excluding hydrogens is 387 g/mol. The van der Waals surface area contributed by atoms with Crippen LogP contribution in [0.4, 0.5) is 0 Å². The first-order valence-corrected chi connectivity index (χ1v) is 9.35. The highest BCUT2D eigenvalue weighted by molar-refractivity contribution is 6.30. The van der Waals surface area contributed by atoms with Crippen LogP contribution in [0.1, 0.15) is 36.5 Å². The third-order valence-electron chi connectivity index (χ3n) is 4.40. The first-order valence-electron chi connectivity index (χ1n) is 8.60. The van der Waals surface area contributed by atoms with Crippen LogP contribution in [-0.4, -0.2) is 26.0 Å². The molecule has 0 aliphatic heterocycles. The van der Waals surface area contributed by atoms with Crippen LogP contribution in [0.15, 0.2) is 48.5 Å². The lowest BCUT2D eigenvalue weighted by molar-refractivity contribution is -0.145. The molecule has 2 aromatic carbocycles. The molecule has 0 aliphatic rings. The third kappa shape index (κ3) is 6.06. The van der Waals surface area contributed by atoms with Gasteiger partial charge in [-0.05, 0) is 41.8 Å². The average molecular weight is 409 g/mol. The summed E-state index contributed by atoms with van der Waals surface area (Å²) in [6, 6.07) is 14.7. The summed E-state index contributed by atoms with van der Waals surface area (Å²) in [6.45, 7) is 1.75. The van der Waals surface area contributed by atoms with E-state index in [1.165, 1.54) is 7.11 Å². The predicted molar refractivity (Wildman–Crippen MR) is 106 cm³/mol. The maximum atomic E-state index is 12.0. The number of ether oxygens (including phenoxy) is 2. The maximum absolute atomic E-state index is 12.0. The van der Waals surface area contributed by atoms with E-state index in [9.17, 15) is 9.59 Å². The highest BCUT2D eigenvalue weighted by atomic mass is 35.5. The monoisotopic (exact) mass is 408 g/mol. The van der Waals surface area contributed by atoms with Gasteiger partial charge in [0.1, 0.15) is 12.9 Å². The molecule has 0 saturated carbocycles. The number of carbonyl (C=O) groups excluding carboxylic acids is 2. The summed E-state index contributed by atoms with van der Waals surface area (Å²) in [6.07, 6.45) is 0.735. The van der Waals surface area contributed by atoms with Gasteiger partial charge in [-0.2, -0.15) is 0 Å². The van der Waals surface area contributed by atoms with Gasteiger partial charge in [-0.25, -0.2) is 0 Å². The Morgan fingerprint density at radius 2 is 1.78 bits per heavy atom. The number of esters is 1. The summed E-state index contributed by atoms with van der Waals surface area (Å²) in [5.41, 5.74) is 1.78. The molecule has 0 saturated heterocycles. The first kappa shape index (κ1) is 21.4. The van der Waals surface area contributed by atoms with Gasteiger partial charge >= 0.3 is 5.97 Å². The number of hydrogen-bond donors (Lipinski definition) is 0. The number of hydrogen-bond acceptors (Lipinski definition) is 4. The average Bonchev–Trinajstić information content (AvgIpc) is 2.67. The fourth-order valence-corrected chi connectivity index (χ4v) is 3.41. The molecule has 0 radical (unpaired) electrons.